The lowest BCUT2D eigenvalue weighted by Gasteiger charge is -2.64. The molecule has 2 bridgehead atoms. The molecule has 6 rings (SSSR count). The zero-order chi connectivity index (χ0) is 26.9. The van der Waals surface area contributed by atoms with Crippen LogP contribution >= 0.6 is 0 Å². The molecule has 0 radical (unpaired) electrons. The van der Waals surface area contributed by atoms with E-state index >= 15 is 0 Å². The SMILES string of the molecule is CCO[C@@H](C(=O)N[C@H](CCO[C@@H]1C[C@@H]2C[C@@H](C2(C)C)[C@]1(C)O)Cc1coc2ccccc12)c1ccccc1. The molecular weight excluding hydrogens is 478 g/mol. The molecule has 2 aromatic carbocycles. The number of nitrogens with one attached hydrogen (secondary N) is 1. The van der Waals surface area contributed by atoms with Crippen molar-refractivity contribution < 1.29 is 23.8 Å². The number of para-hydroxylation sites is 1. The third kappa shape index (κ3) is 5.14. The van der Waals surface area contributed by atoms with Crippen molar-refractivity contribution in [2.45, 2.75) is 77.2 Å². The van der Waals surface area contributed by atoms with Gasteiger partial charge in [0.25, 0.3) is 5.91 Å². The lowest BCUT2D eigenvalue weighted by molar-refractivity contribution is -0.257. The molecule has 0 aliphatic heterocycles. The molecule has 0 unspecified atom stereocenters. The van der Waals surface area contributed by atoms with Crippen LogP contribution in [0.5, 0.6) is 0 Å². The molecule has 38 heavy (non-hydrogen) atoms. The second kappa shape index (κ2) is 10.8. The number of rotatable bonds is 11. The fraction of sp³-hybridized carbons (Fsp3) is 0.531. The number of hydrogen-bond donors (Lipinski definition) is 2. The van der Waals surface area contributed by atoms with E-state index < -0.39 is 11.7 Å². The van der Waals surface area contributed by atoms with Crippen LogP contribution in [0.1, 0.15) is 64.2 Å². The third-order valence-electron chi connectivity index (χ3n) is 9.16. The molecule has 6 nitrogen and oxygen atoms in total. The largest absolute Gasteiger partial charge is 0.464 e. The Bertz CT molecular complexity index is 1230. The van der Waals surface area contributed by atoms with Crippen molar-refractivity contribution in [2.75, 3.05) is 13.2 Å². The predicted molar refractivity (Wildman–Crippen MR) is 148 cm³/mol. The minimum absolute atomic E-state index is 0.161. The fourth-order valence-corrected chi connectivity index (χ4v) is 6.79. The van der Waals surface area contributed by atoms with Gasteiger partial charge in [-0.1, -0.05) is 62.4 Å². The van der Waals surface area contributed by atoms with Gasteiger partial charge >= 0.3 is 0 Å². The molecule has 3 aromatic rings. The van der Waals surface area contributed by atoms with E-state index in [0.29, 0.717) is 32.0 Å². The summed E-state index contributed by atoms with van der Waals surface area (Å²) in [5.41, 5.74) is 2.03. The maximum Gasteiger partial charge on any atom is 0.253 e. The van der Waals surface area contributed by atoms with Crippen molar-refractivity contribution in [2.24, 2.45) is 17.3 Å². The molecule has 3 fully saturated rings. The van der Waals surface area contributed by atoms with Crippen molar-refractivity contribution in [1.82, 2.24) is 5.32 Å². The second-order valence-corrected chi connectivity index (χ2v) is 11.8. The van der Waals surface area contributed by atoms with E-state index in [4.69, 9.17) is 13.9 Å². The van der Waals surface area contributed by atoms with Crippen molar-refractivity contribution in [3.05, 3.63) is 72.0 Å². The predicted octanol–water partition coefficient (Wildman–Crippen LogP) is 5.83. The van der Waals surface area contributed by atoms with Gasteiger partial charge < -0.3 is 24.3 Å². The van der Waals surface area contributed by atoms with Crippen LogP contribution in [0, 0.1) is 17.3 Å². The number of benzene rings is 2. The molecule has 3 saturated carbocycles. The van der Waals surface area contributed by atoms with E-state index in [9.17, 15) is 9.90 Å². The summed E-state index contributed by atoms with van der Waals surface area (Å²) in [6.45, 7) is 9.24. The van der Waals surface area contributed by atoms with Gasteiger partial charge in [-0.15, -0.1) is 0 Å². The minimum atomic E-state index is -0.842. The Balaban J connectivity index is 1.29. The molecule has 1 aromatic heterocycles. The average molecular weight is 520 g/mol. The maximum absolute atomic E-state index is 13.5. The molecule has 3 aliphatic rings. The number of hydrogen-bond acceptors (Lipinski definition) is 5. The summed E-state index contributed by atoms with van der Waals surface area (Å²) in [6.07, 6.45) is 4.09. The van der Waals surface area contributed by atoms with Gasteiger partial charge in [0.1, 0.15) is 5.58 Å². The van der Waals surface area contributed by atoms with E-state index in [-0.39, 0.29) is 29.4 Å². The van der Waals surface area contributed by atoms with Crippen LogP contribution in [0.25, 0.3) is 11.0 Å². The molecular formula is C32H41NO5. The Morgan fingerprint density at radius 2 is 1.84 bits per heavy atom. The first-order valence-electron chi connectivity index (χ1n) is 14.0. The minimum Gasteiger partial charge on any atom is -0.464 e. The van der Waals surface area contributed by atoms with Crippen molar-refractivity contribution in [3.8, 4) is 0 Å². The number of carbonyl (C=O) groups excluding carboxylic acids is 1. The Morgan fingerprint density at radius 1 is 1.11 bits per heavy atom. The standard InChI is InChI=1S/C32H41NO5/c1-5-36-29(21-11-7-6-8-12-21)30(34)33-24(17-22-20-38-26-14-10-9-13-25(22)26)15-16-37-28-19-23-18-27(31(23,2)3)32(28,4)35/h6-14,20,23-24,27-29,35H,5,15-19H2,1-4H3,(H,33,34)/t23-,24+,27-,28+,29+,32-/m0/s1. The van der Waals surface area contributed by atoms with Gasteiger partial charge in [-0.25, -0.2) is 0 Å². The summed E-state index contributed by atoms with van der Waals surface area (Å²) in [5.74, 6) is 0.677. The van der Waals surface area contributed by atoms with Crippen molar-refractivity contribution in [3.63, 3.8) is 0 Å². The summed E-state index contributed by atoms with van der Waals surface area (Å²) < 4.78 is 18.0. The highest BCUT2D eigenvalue weighted by Crippen LogP contribution is 2.63. The zero-order valence-corrected chi connectivity index (χ0v) is 23.0. The first kappa shape index (κ1) is 26.9. The maximum atomic E-state index is 13.5. The number of amides is 1. The number of aliphatic hydroxyl groups is 1. The highest BCUT2D eigenvalue weighted by Gasteiger charge is 2.63. The van der Waals surface area contributed by atoms with Crippen molar-refractivity contribution >= 4 is 16.9 Å². The number of ether oxygens (including phenoxy) is 2. The van der Waals surface area contributed by atoms with E-state index in [1.807, 2.05) is 68.4 Å². The molecule has 0 saturated heterocycles. The quantitative estimate of drug-likeness (QED) is 0.333. The summed E-state index contributed by atoms with van der Waals surface area (Å²) in [7, 11) is 0. The summed E-state index contributed by atoms with van der Waals surface area (Å²) in [6, 6.07) is 17.4. The molecule has 6 atom stereocenters. The van der Waals surface area contributed by atoms with Crippen LogP contribution in [-0.2, 0) is 20.7 Å². The van der Waals surface area contributed by atoms with Gasteiger partial charge in [0, 0.05) is 30.2 Å². The summed E-state index contributed by atoms with van der Waals surface area (Å²) >= 11 is 0. The van der Waals surface area contributed by atoms with Gasteiger partial charge in [-0.2, -0.15) is 0 Å². The first-order chi connectivity index (χ1) is 18.2. The summed E-state index contributed by atoms with van der Waals surface area (Å²) in [4.78, 5) is 13.5. The second-order valence-electron chi connectivity index (χ2n) is 11.8. The molecule has 2 N–H and O–H groups in total. The lowest BCUT2D eigenvalue weighted by Crippen LogP contribution is -2.67. The number of furan rings is 1. The highest BCUT2D eigenvalue weighted by atomic mass is 16.5. The van der Waals surface area contributed by atoms with Gasteiger partial charge in [-0.3, -0.25) is 4.79 Å². The molecule has 1 amide bonds. The van der Waals surface area contributed by atoms with Gasteiger partial charge in [0.2, 0.25) is 0 Å². The van der Waals surface area contributed by atoms with E-state index in [0.717, 1.165) is 34.9 Å². The number of carbonyl (C=O) groups is 1. The average Bonchev–Trinajstić information content (AvgIpc) is 3.30. The molecule has 3 aliphatic carbocycles. The first-order valence-corrected chi connectivity index (χ1v) is 14.0. The lowest BCUT2D eigenvalue weighted by atomic mass is 9.43. The van der Waals surface area contributed by atoms with Crippen LogP contribution in [0.3, 0.4) is 0 Å². The highest BCUT2D eigenvalue weighted by molar-refractivity contribution is 5.83. The van der Waals surface area contributed by atoms with Gasteiger partial charge in [-0.05, 0) is 68.4 Å². The van der Waals surface area contributed by atoms with E-state index in [1.165, 1.54) is 0 Å². The normalized spacial score (nSPS) is 27.4. The Kier molecular flexibility index (Phi) is 7.67. The van der Waals surface area contributed by atoms with Crippen LogP contribution in [0.2, 0.25) is 0 Å². The van der Waals surface area contributed by atoms with E-state index in [1.54, 1.807) is 6.26 Å². The number of fused-ring (bicyclic) bond motifs is 3. The smallest absolute Gasteiger partial charge is 0.253 e. The van der Waals surface area contributed by atoms with Gasteiger partial charge in [0.15, 0.2) is 6.10 Å². The Labute approximate surface area is 225 Å². The van der Waals surface area contributed by atoms with E-state index in [2.05, 4.69) is 19.2 Å². The molecule has 1 heterocycles. The molecule has 6 heteroatoms. The monoisotopic (exact) mass is 519 g/mol. The Morgan fingerprint density at radius 3 is 2.55 bits per heavy atom. The summed E-state index contributed by atoms with van der Waals surface area (Å²) in [5, 5.41) is 15.6. The third-order valence-corrected chi connectivity index (χ3v) is 9.16. The van der Waals surface area contributed by atoms with Crippen LogP contribution in [0.4, 0.5) is 0 Å². The van der Waals surface area contributed by atoms with Crippen LogP contribution < -0.4 is 5.32 Å². The molecule has 204 valence electrons. The zero-order valence-electron chi connectivity index (χ0n) is 23.0. The molecule has 0 spiro atoms. The van der Waals surface area contributed by atoms with Gasteiger partial charge in [0.05, 0.1) is 18.0 Å². The van der Waals surface area contributed by atoms with Crippen molar-refractivity contribution in [1.29, 1.82) is 0 Å². The van der Waals surface area contributed by atoms with Crippen LogP contribution in [0.15, 0.2) is 65.3 Å². The fourth-order valence-electron chi connectivity index (χ4n) is 6.79. The Hall–Kier alpha value is -2.67. The topological polar surface area (TPSA) is 80.9 Å². The van der Waals surface area contributed by atoms with Crippen LogP contribution in [-0.4, -0.2) is 42.0 Å².